The zero-order valence-corrected chi connectivity index (χ0v) is 10.2. The SMILES string of the molecule is Cc1ccc(-c2csc(=[NH2+])o2)c(C)c1.[Cl-]. The fraction of sp³-hybridized carbons (Fsp3) is 0.182. The molecule has 80 valence electrons. The molecule has 2 aromatic rings. The van der Waals surface area contributed by atoms with E-state index in [9.17, 15) is 0 Å². The van der Waals surface area contributed by atoms with Crippen molar-refractivity contribution in [2.24, 2.45) is 0 Å². The van der Waals surface area contributed by atoms with Gasteiger partial charge in [0.25, 0.3) is 0 Å². The van der Waals surface area contributed by atoms with E-state index in [-0.39, 0.29) is 12.4 Å². The lowest BCUT2D eigenvalue weighted by atomic mass is 10.0. The van der Waals surface area contributed by atoms with Crippen LogP contribution in [0.1, 0.15) is 11.1 Å². The molecule has 2 rings (SSSR count). The van der Waals surface area contributed by atoms with Gasteiger partial charge < -0.3 is 16.8 Å². The molecular formula is C11H12ClNOS. The van der Waals surface area contributed by atoms with Crippen LogP contribution >= 0.6 is 11.3 Å². The molecule has 4 heteroatoms. The zero-order valence-electron chi connectivity index (χ0n) is 8.58. The van der Waals surface area contributed by atoms with Crippen molar-refractivity contribution in [1.82, 2.24) is 0 Å². The molecule has 0 saturated heterocycles. The van der Waals surface area contributed by atoms with E-state index in [1.807, 2.05) is 5.38 Å². The fourth-order valence-electron chi connectivity index (χ4n) is 1.48. The molecule has 0 fully saturated rings. The van der Waals surface area contributed by atoms with E-state index in [4.69, 9.17) is 9.83 Å². The quantitative estimate of drug-likeness (QED) is 0.635. The lowest BCUT2D eigenvalue weighted by Crippen LogP contribution is -3.00. The number of benzene rings is 1. The van der Waals surface area contributed by atoms with Gasteiger partial charge in [0.05, 0.1) is 0 Å². The van der Waals surface area contributed by atoms with Crippen LogP contribution in [-0.4, -0.2) is 0 Å². The third-order valence-electron chi connectivity index (χ3n) is 2.14. The Morgan fingerprint density at radius 1 is 1.27 bits per heavy atom. The highest BCUT2D eigenvalue weighted by molar-refractivity contribution is 7.07. The Labute approximate surface area is 98.5 Å². The number of halogens is 1. The van der Waals surface area contributed by atoms with Gasteiger partial charge in [-0.25, -0.2) is 5.41 Å². The summed E-state index contributed by atoms with van der Waals surface area (Å²) >= 11 is 1.42. The molecule has 0 unspecified atom stereocenters. The highest BCUT2D eigenvalue weighted by Gasteiger charge is 2.06. The molecule has 0 aliphatic carbocycles. The van der Waals surface area contributed by atoms with Crippen molar-refractivity contribution < 1.29 is 22.2 Å². The zero-order chi connectivity index (χ0) is 10.1. The molecule has 2 N–H and O–H groups in total. The van der Waals surface area contributed by atoms with Crippen LogP contribution in [-0.2, 0) is 0 Å². The van der Waals surface area contributed by atoms with Crippen molar-refractivity contribution in [2.45, 2.75) is 13.8 Å². The Kier molecular flexibility index (Phi) is 3.72. The first kappa shape index (κ1) is 12.0. The molecule has 1 heterocycles. The van der Waals surface area contributed by atoms with Gasteiger partial charge in [0.1, 0.15) is 0 Å². The van der Waals surface area contributed by atoms with Gasteiger partial charge in [0, 0.05) is 10.9 Å². The normalized spacial score (nSPS) is 9.73. The van der Waals surface area contributed by atoms with E-state index in [0.29, 0.717) is 4.87 Å². The molecule has 15 heavy (non-hydrogen) atoms. The average Bonchev–Trinajstić information content (AvgIpc) is 2.51. The van der Waals surface area contributed by atoms with E-state index >= 15 is 0 Å². The first-order valence-electron chi connectivity index (χ1n) is 4.41. The van der Waals surface area contributed by atoms with Gasteiger partial charge in [0.2, 0.25) is 0 Å². The van der Waals surface area contributed by atoms with Crippen molar-refractivity contribution in [3.05, 3.63) is 39.6 Å². The minimum atomic E-state index is 0. The Hall–Kier alpha value is -1.06. The number of nitrogens with two attached hydrogens (primary N) is 1. The summed E-state index contributed by atoms with van der Waals surface area (Å²) in [6.45, 7) is 4.15. The molecule has 0 bridgehead atoms. The Balaban J connectivity index is 0.00000112. The van der Waals surface area contributed by atoms with Crippen LogP contribution in [0.2, 0.25) is 0 Å². The minimum absolute atomic E-state index is 0. The average molecular weight is 242 g/mol. The second-order valence-corrected chi connectivity index (χ2v) is 4.21. The summed E-state index contributed by atoms with van der Waals surface area (Å²) in [6, 6.07) is 6.28. The van der Waals surface area contributed by atoms with Crippen LogP contribution in [0.5, 0.6) is 0 Å². The lowest BCUT2D eigenvalue weighted by Gasteiger charge is -2.02. The number of aryl methyl sites for hydroxylation is 2. The highest BCUT2D eigenvalue weighted by atomic mass is 35.5. The second-order valence-electron chi connectivity index (χ2n) is 3.34. The largest absolute Gasteiger partial charge is 1.00 e. The summed E-state index contributed by atoms with van der Waals surface area (Å²) in [4.78, 5) is 0.500. The van der Waals surface area contributed by atoms with Crippen molar-refractivity contribution in [1.29, 1.82) is 0 Å². The van der Waals surface area contributed by atoms with Gasteiger partial charge in [-0.2, -0.15) is 0 Å². The number of hydrogen-bond donors (Lipinski definition) is 1. The first-order valence-corrected chi connectivity index (χ1v) is 5.29. The van der Waals surface area contributed by atoms with Crippen LogP contribution in [0, 0.1) is 13.8 Å². The Morgan fingerprint density at radius 2 is 2.00 bits per heavy atom. The van der Waals surface area contributed by atoms with Crippen LogP contribution in [0.3, 0.4) is 0 Å². The maximum Gasteiger partial charge on any atom is 0.426 e. The summed E-state index contributed by atoms with van der Waals surface area (Å²) in [7, 11) is 0. The standard InChI is InChI=1S/C11H11NOS.ClH/c1-7-3-4-9(8(2)5-7)10-6-14-11(12)13-10;/h3-6,12H,1-2H3;1H. The maximum atomic E-state index is 5.55. The fourth-order valence-corrected chi connectivity index (χ4v) is 2.01. The Morgan fingerprint density at radius 3 is 2.53 bits per heavy atom. The summed E-state index contributed by atoms with van der Waals surface area (Å²) in [5.74, 6) is 0.852. The molecule has 0 radical (unpaired) electrons. The Bertz CT molecular complexity index is 515. The van der Waals surface area contributed by atoms with Gasteiger partial charge in [-0.15, -0.1) is 0 Å². The predicted octanol–water partition coefficient (Wildman–Crippen LogP) is -1.71. The van der Waals surface area contributed by atoms with Gasteiger partial charge in [-0.3, -0.25) is 0 Å². The molecule has 0 amide bonds. The van der Waals surface area contributed by atoms with Crippen LogP contribution < -0.4 is 22.7 Å². The summed E-state index contributed by atoms with van der Waals surface area (Å²) in [6.07, 6.45) is 0. The molecule has 0 aliphatic rings. The highest BCUT2D eigenvalue weighted by Crippen LogP contribution is 2.23. The minimum Gasteiger partial charge on any atom is -1.00 e. The van der Waals surface area contributed by atoms with Gasteiger partial charge in [-0.05, 0) is 30.7 Å². The van der Waals surface area contributed by atoms with Crippen LogP contribution in [0.25, 0.3) is 11.3 Å². The van der Waals surface area contributed by atoms with E-state index in [2.05, 4.69) is 32.0 Å². The lowest BCUT2D eigenvalue weighted by molar-refractivity contribution is -0.190. The van der Waals surface area contributed by atoms with E-state index < -0.39 is 0 Å². The molecular weight excluding hydrogens is 230 g/mol. The van der Waals surface area contributed by atoms with Gasteiger partial charge in [-0.1, -0.05) is 23.8 Å². The third-order valence-corrected chi connectivity index (χ3v) is 2.79. The molecule has 1 aromatic heterocycles. The molecule has 0 atom stereocenters. The summed E-state index contributed by atoms with van der Waals surface area (Å²) in [5, 5.41) is 7.49. The molecule has 0 spiro atoms. The molecule has 0 saturated carbocycles. The predicted molar refractivity (Wildman–Crippen MR) is 56.6 cm³/mol. The maximum absolute atomic E-state index is 5.55. The van der Waals surface area contributed by atoms with Crippen LogP contribution in [0.4, 0.5) is 0 Å². The van der Waals surface area contributed by atoms with Gasteiger partial charge in [0.15, 0.2) is 5.76 Å². The van der Waals surface area contributed by atoms with E-state index in [1.165, 1.54) is 22.5 Å². The topological polar surface area (TPSA) is 38.7 Å². The van der Waals surface area contributed by atoms with E-state index in [0.717, 1.165) is 11.3 Å². The smallest absolute Gasteiger partial charge is 0.426 e. The number of rotatable bonds is 1. The number of hydrogen-bond acceptors (Lipinski definition) is 2. The van der Waals surface area contributed by atoms with Crippen molar-refractivity contribution in [3.8, 4) is 11.3 Å². The molecule has 1 aromatic carbocycles. The van der Waals surface area contributed by atoms with Gasteiger partial charge >= 0.3 is 4.87 Å². The van der Waals surface area contributed by atoms with Crippen molar-refractivity contribution >= 4 is 11.3 Å². The molecule has 0 aliphatic heterocycles. The monoisotopic (exact) mass is 241 g/mol. The summed E-state index contributed by atoms with van der Waals surface area (Å²) in [5.41, 5.74) is 3.59. The van der Waals surface area contributed by atoms with Crippen molar-refractivity contribution in [3.63, 3.8) is 0 Å². The third kappa shape index (κ3) is 2.49. The van der Waals surface area contributed by atoms with E-state index in [1.54, 1.807) is 0 Å². The van der Waals surface area contributed by atoms with Crippen molar-refractivity contribution in [2.75, 3.05) is 0 Å². The second kappa shape index (κ2) is 4.64. The summed E-state index contributed by atoms with van der Waals surface area (Å²) < 4.78 is 5.39. The van der Waals surface area contributed by atoms with Crippen LogP contribution in [0.15, 0.2) is 28.0 Å². The first-order chi connectivity index (χ1) is 6.66. The molecule has 2 nitrogen and oxygen atoms in total.